The van der Waals surface area contributed by atoms with Crippen LogP contribution in [0.5, 0.6) is 0 Å². The molecule has 0 rings (SSSR count). The number of aliphatic carboxylic acids is 2. The van der Waals surface area contributed by atoms with Crippen LogP contribution in [-0.2, 0) is 14.4 Å². The Hall–Kier alpha value is -1.59. The minimum Gasteiger partial charge on any atom is -0.481 e. The normalized spacial score (nSPS) is 12.2. The fourth-order valence-corrected chi connectivity index (χ4v) is 1.34. The van der Waals surface area contributed by atoms with Crippen molar-refractivity contribution in [2.45, 2.75) is 45.6 Å². The Bertz CT molecular complexity index is 288. The molecule has 0 aliphatic heterocycles. The summed E-state index contributed by atoms with van der Waals surface area (Å²) in [5.41, 5.74) is 0. The Labute approximate surface area is 100 Å². The van der Waals surface area contributed by atoms with Crippen molar-refractivity contribution in [3.05, 3.63) is 0 Å². The van der Waals surface area contributed by atoms with Gasteiger partial charge in [-0.15, -0.1) is 0 Å². The highest BCUT2D eigenvalue weighted by Gasteiger charge is 2.20. The standard InChI is InChI=1S/C11H19NO5/c1-7(2)6-9(13)12-8(11(16)17)4-3-5-10(14)15/h7-8H,3-6H2,1-2H3,(H,12,13)(H,14,15)(H,16,17)/t8-/m1/s1. The highest BCUT2D eigenvalue weighted by Crippen LogP contribution is 2.04. The van der Waals surface area contributed by atoms with Crippen molar-refractivity contribution in [3.63, 3.8) is 0 Å². The Morgan fingerprint density at radius 3 is 2.18 bits per heavy atom. The van der Waals surface area contributed by atoms with E-state index in [4.69, 9.17) is 10.2 Å². The maximum absolute atomic E-state index is 11.4. The molecule has 0 unspecified atom stereocenters. The van der Waals surface area contributed by atoms with Gasteiger partial charge in [0.1, 0.15) is 6.04 Å². The first-order valence-corrected chi connectivity index (χ1v) is 5.57. The van der Waals surface area contributed by atoms with Gasteiger partial charge < -0.3 is 15.5 Å². The van der Waals surface area contributed by atoms with Crippen molar-refractivity contribution >= 4 is 17.8 Å². The van der Waals surface area contributed by atoms with Crippen LogP contribution in [-0.4, -0.2) is 34.1 Å². The van der Waals surface area contributed by atoms with Crippen LogP contribution in [0.2, 0.25) is 0 Å². The van der Waals surface area contributed by atoms with Crippen molar-refractivity contribution in [2.75, 3.05) is 0 Å². The summed E-state index contributed by atoms with van der Waals surface area (Å²) in [7, 11) is 0. The molecule has 0 fully saturated rings. The van der Waals surface area contributed by atoms with Gasteiger partial charge in [0.05, 0.1) is 0 Å². The van der Waals surface area contributed by atoms with E-state index in [0.29, 0.717) is 0 Å². The van der Waals surface area contributed by atoms with Gasteiger partial charge in [-0.1, -0.05) is 13.8 Å². The highest BCUT2D eigenvalue weighted by molar-refractivity contribution is 5.83. The second-order valence-electron chi connectivity index (χ2n) is 4.34. The Morgan fingerprint density at radius 1 is 1.18 bits per heavy atom. The zero-order valence-electron chi connectivity index (χ0n) is 10.1. The Kier molecular flexibility index (Phi) is 6.93. The first-order chi connectivity index (χ1) is 7.82. The van der Waals surface area contributed by atoms with Crippen LogP contribution in [0.1, 0.15) is 39.5 Å². The number of rotatable bonds is 8. The van der Waals surface area contributed by atoms with Crippen LogP contribution in [0.3, 0.4) is 0 Å². The monoisotopic (exact) mass is 245 g/mol. The molecule has 6 heteroatoms. The largest absolute Gasteiger partial charge is 0.481 e. The summed E-state index contributed by atoms with van der Waals surface area (Å²) in [6.45, 7) is 3.72. The van der Waals surface area contributed by atoms with Crippen LogP contribution < -0.4 is 5.32 Å². The molecule has 0 spiro atoms. The lowest BCUT2D eigenvalue weighted by Gasteiger charge is -2.14. The van der Waals surface area contributed by atoms with E-state index in [1.54, 1.807) is 0 Å². The maximum Gasteiger partial charge on any atom is 0.326 e. The van der Waals surface area contributed by atoms with Crippen LogP contribution in [0, 0.1) is 5.92 Å². The summed E-state index contributed by atoms with van der Waals surface area (Å²) in [5, 5.41) is 19.7. The molecule has 0 radical (unpaired) electrons. The molecule has 3 N–H and O–H groups in total. The van der Waals surface area contributed by atoms with Gasteiger partial charge in [0.15, 0.2) is 0 Å². The molecule has 0 aromatic carbocycles. The average molecular weight is 245 g/mol. The molecule has 0 aromatic heterocycles. The lowest BCUT2D eigenvalue weighted by Crippen LogP contribution is -2.41. The third-order valence-electron chi connectivity index (χ3n) is 2.11. The first-order valence-electron chi connectivity index (χ1n) is 5.57. The summed E-state index contributed by atoms with van der Waals surface area (Å²) in [5.74, 6) is -2.26. The van der Waals surface area contributed by atoms with Gasteiger partial charge in [0.25, 0.3) is 0 Å². The maximum atomic E-state index is 11.4. The van der Waals surface area contributed by atoms with Crippen molar-refractivity contribution in [1.29, 1.82) is 0 Å². The van der Waals surface area contributed by atoms with Gasteiger partial charge in [-0.2, -0.15) is 0 Å². The smallest absolute Gasteiger partial charge is 0.326 e. The van der Waals surface area contributed by atoms with Crippen molar-refractivity contribution in [2.24, 2.45) is 5.92 Å². The van der Waals surface area contributed by atoms with Gasteiger partial charge in [-0.05, 0) is 18.8 Å². The third-order valence-corrected chi connectivity index (χ3v) is 2.11. The van der Waals surface area contributed by atoms with Crippen LogP contribution in [0.4, 0.5) is 0 Å². The van der Waals surface area contributed by atoms with Gasteiger partial charge in [0.2, 0.25) is 5.91 Å². The molecule has 0 bridgehead atoms. The van der Waals surface area contributed by atoms with Gasteiger partial charge in [0, 0.05) is 12.8 Å². The minimum atomic E-state index is -1.13. The highest BCUT2D eigenvalue weighted by atomic mass is 16.4. The van der Waals surface area contributed by atoms with Crippen molar-refractivity contribution in [1.82, 2.24) is 5.32 Å². The number of hydrogen-bond acceptors (Lipinski definition) is 3. The Morgan fingerprint density at radius 2 is 1.76 bits per heavy atom. The number of nitrogens with one attached hydrogen (secondary N) is 1. The van der Waals surface area contributed by atoms with E-state index in [-0.39, 0.29) is 37.5 Å². The molecule has 17 heavy (non-hydrogen) atoms. The summed E-state index contributed by atoms with van der Waals surface area (Å²) in [6.07, 6.45) is 0.534. The zero-order valence-corrected chi connectivity index (χ0v) is 10.1. The SMILES string of the molecule is CC(C)CC(=O)N[C@H](CCCC(=O)O)C(=O)O. The lowest BCUT2D eigenvalue weighted by molar-refractivity contribution is -0.142. The number of hydrogen-bond donors (Lipinski definition) is 3. The first kappa shape index (κ1) is 15.4. The fourth-order valence-electron chi connectivity index (χ4n) is 1.34. The van der Waals surface area contributed by atoms with Crippen molar-refractivity contribution in [3.8, 4) is 0 Å². The number of carbonyl (C=O) groups is 3. The summed E-state index contributed by atoms with van der Waals surface area (Å²) in [4.78, 5) is 32.5. The number of carboxylic acids is 2. The van der Waals surface area contributed by atoms with E-state index >= 15 is 0 Å². The molecule has 1 amide bonds. The predicted molar refractivity (Wildman–Crippen MR) is 60.5 cm³/mol. The molecular weight excluding hydrogens is 226 g/mol. The molecule has 0 aliphatic carbocycles. The van der Waals surface area contributed by atoms with E-state index in [1.807, 2.05) is 13.8 Å². The van der Waals surface area contributed by atoms with Crippen LogP contribution in [0.15, 0.2) is 0 Å². The van der Waals surface area contributed by atoms with Gasteiger partial charge in [-0.3, -0.25) is 9.59 Å². The fraction of sp³-hybridized carbons (Fsp3) is 0.727. The number of carboxylic acid groups (broad SMARTS) is 2. The predicted octanol–water partition coefficient (Wildman–Crippen LogP) is 0.857. The molecular formula is C11H19NO5. The van der Waals surface area contributed by atoms with E-state index in [1.165, 1.54) is 0 Å². The topological polar surface area (TPSA) is 104 Å². The molecule has 6 nitrogen and oxygen atoms in total. The Balaban J connectivity index is 4.11. The molecule has 0 aromatic rings. The van der Waals surface area contributed by atoms with Crippen LogP contribution >= 0.6 is 0 Å². The van der Waals surface area contributed by atoms with Gasteiger partial charge in [-0.25, -0.2) is 4.79 Å². The quantitative estimate of drug-likeness (QED) is 0.588. The van der Waals surface area contributed by atoms with E-state index in [2.05, 4.69) is 5.32 Å². The summed E-state index contributed by atoms with van der Waals surface area (Å²) in [6, 6.07) is -0.999. The molecule has 0 saturated carbocycles. The van der Waals surface area contributed by atoms with E-state index < -0.39 is 18.0 Å². The lowest BCUT2D eigenvalue weighted by atomic mass is 10.1. The third kappa shape index (κ3) is 8.24. The second kappa shape index (κ2) is 7.65. The molecule has 0 saturated heterocycles. The van der Waals surface area contributed by atoms with E-state index in [0.717, 1.165) is 0 Å². The molecule has 98 valence electrons. The average Bonchev–Trinajstić information content (AvgIpc) is 2.13. The number of amides is 1. The van der Waals surface area contributed by atoms with Crippen molar-refractivity contribution < 1.29 is 24.6 Å². The second-order valence-corrected chi connectivity index (χ2v) is 4.34. The van der Waals surface area contributed by atoms with E-state index in [9.17, 15) is 14.4 Å². The zero-order chi connectivity index (χ0) is 13.4. The van der Waals surface area contributed by atoms with Gasteiger partial charge >= 0.3 is 11.9 Å². The summed E-state index contributed by atoms with van der Waals surface area (Å²) < 4.78 is 0. The number of carbonyl (C=O) groups excluding carboxylic acids is 1. The molecule has 0 aliphatic rings. The molecule has 1 atom stereocenters. The van der Waals surface area contributed by atoms with Crippen LogP contribution in [0.25, 0.3) is 0 Å². The minimum absolute atomic E-state index is 0.0934. The summed E-state index contributed by atoms with van der Waals surface area (Å²) >= 11 is 0. The molecule has 0 heterocycles.